The van der Waals surface area contributed by atoms with Gasteiger partial charge >= 0.3 is 0 Å². The minimum absolute atomic E-state index is 0.0164. The number of thiol groups is 2. The Labute approximate surface area is 353 Å². The topological polar surface area (TPSA) is 45.0 Å². The Kier molecular flexibility index (Phi) is 17.9. The minimum atomic E-state index is -1.20. The second-order valence-electron chi connectivity index (χ2n) is 13.6. The van der Waals surface area contributed by atoms with E-state index >= 15 is 0 Å². The maximum atomic E-state index is 9.83. The van der Waals surface area contributed by atoms with Crippen LogP contribution in [-0.4, -0.2) is 24.6 Å². The smallest absolute Gasteiger partial charge is 0.292 e. The SMILES string of the molecule is [C-]#[N+]C1=C(/C=C/c2sc(/C=C/c3ccc(N(CCS)CCS)cc3)c(CCCCCC)c2CCCCCC)C(C)(c2ccc(Cl)c(Cl)c2)O/C1=C(\C#N)[N+]#[C-]. The summed E-state index contributed by atoms with van der Waals surface area (Å²) in [5.74, 6) is 1.55. The van der Waals surface area contributed by atoms with Crippen LogP contribution in [0, 0.1) is 24.5 Å². The van der Waals surface area contributed by atoms with Crippen LogP contribution in [0.3, 0.4) is 0 Å². The first-order valence-corrected chi connectivity index (χ1v) is 21.9. The summed E-state index contributed by atoms with van der Waals surface area (Å²) in [6, 6.07) is 15.8. The van der Waals surface area contributed by atoms with E-state index in [0.717, 1.165) is 67.1 Å². The van der Waals surface area contributed by atoms with Gasteiger partial charge in [-0.3, -0.25) is 0 Å². The predicted molar refractivity (Wildman–Crippen MR) is 242 cm³/mol. The summed E-state index contributed by atoms with van der Waals surface area (Å²) in [5.41, 5.74) is 4.96. The molecule has 0 saturated carbocycles. The molecular weight excluding hydrogens is 780 g/mol. The van der Waals surface area contributed by atoms with Gasteiger partial charge in [0.25, 0.3) is 5.70 Å². The van der Waals surface area contributed by atoms with Crippen molar-refractivity contribution >= 4 is 83.7 Å². The third kappa shape index (κ3) is 11.3. The quantitative estimate of drug-likeness (QED) is 0.0516. The van der Waals surface area contributed by atoms with Crippen LogP contribution in [0.1, 0.15) is 104 Å². The van der Waals surface area contributed by atoms with E-state index in [1.54, 1.807) is 23.5 Å². The van der Waals surface area contributed by atoms with E-state index in [2.05, 4.69) is 96.2 Å². The molecule has 55 heavy (non-hydrogen) atoms. The fraction of sp³-hybridized carbons (Fsp3) is 0.400. The number of hydrogen-bond donors (Lipinski definition) is 2. The molecule has 0 amide bonds. The Morgan fingerprint density at radius 1 is 0.855 bits per heavy atom. The number of nitrogens with zero attached hydrogens (tertiary/aromatic N) is 4. The summed E-state index contributed by atoms with van der Waals surface area (Å²) in [6.45, 7) is 23.9. The van der Waals surface area contributed by atoms with Crippen molar-refractivity contribution < 1.29 is 4.74 Å². The Morgan fingerprint density at radius 2 is 1.45 bits per heavy atom. The summed E-state index contributed by atoms with van der Waals surface area (Å²) in [4.78, 5) is 11.9. The first-order chi connectivity index (χ1) is 26.7. The summed E-state index contributed by atoms with van der Waals surface area (Å²) in [5, 5.41) is 10.6. The number of thiophene rings is 1. The van der Waals surface area contributed by atoms with E-state index in [1.807, 2.05) is 25.1 Å². The zero-order valence-corrected chi connectivity index (χ0v) is 36.1. The van der Waals surface area contributed by atoms with Gasteiger partial charge in [-0.1, -0.05) is 106 Å². The highest BCUT2D eigenvalue weighted by molar-refractivity contribution is 7.80. The molecule has 0 bridgehead atoms. The van der Waals surface area contributed by atoms with E-state index in [1.165, 1.54) is 53.8 Å². The maximum absolute atomic E-state index is 9.83. The van der Waals surface area contributed by atoms with Crippen molar-refractivity contribution in [2.45, 2.75) is 90.6 Å². The molecule has 1 aliphatic heterocycles. The normalized spacial score (nSPS) is 16.4. The Hall–Kier alpha value is -3.55. The molecule has 1 aromatic heterocycles. The molecule has 1 unspecified atom stereocenters. The van der Waals surface area contributed by atoms with Crippen molar-refractivity contribution in [1.29, 1.82) is 5.26 Å². The maximum Gasteiger partial charge on any atom is 0.292 e. The third-order valence-corrected chi connectivity index (χ3v) is 12.2. The summed E-state index contributed by atoms with van der Waals surface area (Å²) in [6.07, 6.45) is 19.8. The van der Waals surface area contributed by atoms with Gasteiger partial charge in [0.05, 0.1) is 29.3 Å². The fourth-order valence-corrected chi connectivity index (χ4v) is 8.84. The summed E-state index contributed by atoms with van der Waals surface area (Å²) in [7, 11) is 0. The molecule has 3 aromatic rings. The highest BCUT2D eigenvalue weighted by atomic mass is 35.5. The monoisotopic (exact) mass is 828 g/mol. The van der Waals surface area contributed by atoms with Crippen LogP contribution in [0.4, 0.5) is 5.69 Å². The van der Waals surface area contributed by atoms with Crippen LogP contribution < -0.4 is 4.90 Å². The van der Waals surface area contributed by atoms with E-state index in [9.17, 15) is 5.26 Å². The van der Waals surface area contributed by atoms with Gasteiger partial charge in [0, 0.05) is 45.6 Å². The Balaban J connectivity index is 1.86. The van der Waals surface area contributed by atoms with E-state index in [0.29, 0.717) is 21.2 Å². The molecule has 1 aliphatic rings. The average molecular weight is 830 g/mol. The molecule has 0 N–H and O–H groups in total. The summed E-state index contributed by atoms with van der Waals surface area (Å²) >= 11 is 23.5. The van der Waals surface area contributed by atoms with E-state index < -0.39 is 5.60 Å². The van der Waals surface area contributed by atoms with Crippen molar-refractivity contribution in [3.8, 4) is 6.07 Å². The minimum Gasteiger partial charge on any atom is -0.500 e. The zero-order chi connectivity index (χ0) is 39.8. The number of hydrogen-bond acceptors (Lipinski definition) is 6. The lowest BCUT2D eigenvalue weighted by Gasteiger charge is -2.28. The number of halogens is 2. The first-order valence-electron chi connectivity index (χ1n) is 19.1. The van der Waals surface area contributed by atoms with Crippen molar-refractivity contribution in [1.82, 2.24) is 0 Å². The van der Waals surface area contributed by atoms with Gasteiger partial charge in [-0.25, -0.2) is 15.0 Å². The molecular formula is C45H50Cl2N4OS3. The van der Waals surface area contributed by atoms with Gasteiger partial charge in [0.2, 0.25) is 5.70 Å². The second-order valence-corrected chi connectivity index (χ2v) is 16.4. The molecule has 2 heterocycles. The molecule has 288 valence electrons. The van der Waals surface area contributed by atoms with Crippen LogP contribution >= 0.6 is 59.8 Å². The number of allylic oxidation sites excluding steroid dienone is 1. The third-order valence-electron chi connectivity index (χ3n) is 9.87. The highest BCUT2D eigenvalue weighted by Gasteiger charge is 2.44. The van der Waals surface area contributed by atoms with E-state index in [-0.39, 0.29) is 17.2 Å². The molecule has 0 spiro atoms. The molecule has 10 heteroatoms. The average Bonchev–Trinajstić information content (AvgIpc) is 3.67. The molecule has 0 fully saturated rings. The molecule has 0 radical (unpaired) electrons. The predicted octanol–water partition coefficient (Wildman–Crippen LogP) is 13.9. The highest BCUT2D eigenvalue weighted by Crippen LogP contribution is 2.49. The lowest BCUT2D eigenvalue weighted by Crippen LogP contribution is -2.27. The zero-order valence-electron chi connectivity index (χ0n) is 32.0. The number of rotatable bonds is 20. The van der Waals surface area contributed by atoms with Crippen LogP contribution in [0.2, 0.25) is 10.0 Å². The van der Waals surface area contributed by atoms with Crippen molar-refractivity contribution in [3.63, 3.8) is 0 Å². The molecule has 5 nitrogen and oxygen atoms in total. The van der Waals surface area contributed by atoms with Gasteiger partial charge in [-0.15, -0.1) is 11.3 Å². The number of benzene rings is 2. The number of unbranched alkanes of at least 4 members (excludes halogenated alkanes) is 6. The molecule has 2 aromatic carbocycles. The van der Waals surface area contributed by atoms with Gasteiger partial charge in [-0.2, -0.15) is 25.3 Å². The first kappa shape index (κ1) is 44.2. The summed E-state index contributed by atoms with van der Waals surface area (Å²) < 4.78 is 6.43. The fourth-order valence-electron chi connectivity index (χ4n) is 6.85. The largest absolute Gasteiger partial charge is 0.500 e. The van der Waals surface area contributed by atoms with Crippen molar-refractivity contribution in [2.24, 2.45) is 0 Å². The van der Waals surface area contributed by atoms with Crippen molar-refractivity contribution in [2.75, 3.05) is 29.5 Å². The van der Waals surface area contributed by atoms with Crippen LogP contribution in [0.15, 0.2) is 71.3 Å². The molecule has 0 aliphatic carbocycles. The standard InChI is InChI=1S/C45H50Cl2N4OS3/c1-6-8-10-12-14-35-36(15-13-11-9-7-2)42(55-41(35)24-18-32-16-20-34(21-17-32)51(26-28-53)27-29-54)25-22-37-43(50-5)44(40(31-48)49-4)52-45(37,3)33-19-23-38(46)39(47)30-33/h16-25,30,53-54H,6-15,26-29H2,1-3H3/b24-18+,25-22+,44-40+. The Morgan fingerprint density at radius 3 is 1.96 bits per heavy atom. The Bertz CT molecular complexity index is 2010. The van der Waals surface area contributed by atoms with Crippen LogP contribution in [-0.2, 0) is 23.2 Å². The van der Waals surface area contributed by atoms with Gasteiger partial charge in [0.15, 0.2) is 0 Å². The van der Waals surface area contributed by atoms with Crippen LogP contribution in [0.5, 0.6) is 0 Å². The second kappa shape index (κ2) is 22.3. The lowest BCUT2D eigenvalue weighted by molar-refractivity contribution is 0.0753. The van der Waals surface area contributed by atoms with Crippen molar-refractivity contribution in [3.05, 3.63) is 136 Å². The van der Waals surface area contributed by atoms with Gasteiger partial charge in [0.1, 0.15) is 11.4 Å². The van der Waals surface area contributed by atoms with Crippen LogP contribution in [0.25, 0.3) is 27.9 Å². The number of anilines is 1. The molecule has 0 saturated heterocycles. The van der Waals surface area contributed by atoms with E-state index in [4.69, 9.17) is 41.1 Å². The molecule has 4 rings (SSSR count). The van der Waals surface area contributed by atoms with Gasteiger partial charge < -0.3 is 9.64 Å². The number of ether oxygens (including phenoxy) is 1. The number of nitriles is 1. The molecule has 1 atom stereocenters. The lowest BCUT2D eigenvalue weighted by atomic mass is 9.87. The van der Waals surface area contributed by atoms with Gasteiger partial charge in [-0.05, 0) is 91.3 Å².